The Hall–Kier alpha value is -2.41. The molecule has 0 aliphatic carbocycles. The first kappa shape index (κ1) is 18.9. The molecule has 0 saturated carbocycles. The van der Waals surface area contributed by atoms with Crippen molar-refractivity contribution in [1.29, 1.82) is 0 Å². The van der Waals surface area contributed by atoms with Crippen molar-refractivity contribution in [3.05, 3.63) is 40.9 Å². The number of nitrogens with one attached hydrogen (secondary N) is 2. The van der Waals surface area contributed by atoms with Gasteiger partial charge in [-0.15, -0.1) is 11.3 Å². The highest BCUT2D eigenvalue weighted by Gasteiger charge is 2.12. The van der Waals surface area contributed by atoms with Gasteiger partial charge in [0.2, 0.25) is 5.91 Å². The number of ether oxygens (including phenoxy) is 1. The van der Waals surface area contributed by atoms with Crippen LogP contribution < -0.4 is 15.4 Å². The monoisotopic (exact) mass is 361 g/mol. The molecule has 0 aliphatic rings. The first-order valence-corrected chi connectivity index (χ1v) is 9.05. The molecule has 2 amide bonds. The lowest BCUT2D eigenvalue weighted by Gasteiger charge is -2.12. The van der Waals surface area contributed by atoms with Crippen LogP contribution in [-0.4, -0.2) is 23.4 Å². The van der Waals surface area contributed by atoms with Gasteiger partial charge in [0.25, 0.3) is 5.91 Å². The number of aromatic nitrogens is 1. The number of benzene rings is 1. The van der Waals surface area contributed by atoms with Crippen molar-refractivity contribution >= 4 is 28.3 Å². The fourth-order valence-electron chi connectivity index (χ4n) is 2.05. The number of nitrogens with zero attached hydrogens (tertiary/aromatic N) is 1. The van der Waals surface area contributed by atoms with Crippen LogP contribution in [-0.2, 0) is 11.3 Å². The lowest BCUT2D eigenvalue weighted by molar-refractivity contribution is -0.114. The van der Waals surface area contributed by atoms with Crippen LogP contribution in [0.5, 0.6) is 5.75 Å². The quantitative estimate of drug-likeness (QED) is 0.754. The van der Waals surface area contributed by atoms with Gasteiger partial charge < -0.3 is 15.4 Å². The van der Waals surface area contributed by atoms with Crippen molar-refractivity contribution in [2.45, 2.75) is 33.7 Å². The predicted molar refractivity (Wildman–Crippen MR) is 99.0 cm³/mol. The van der Waals surface area contributed by atoms with Gasteiger partial charge >= 0.3 is 0 Å². The summed E-state index contributed by atoms with van der Waals surface area (Å²) in [5.74, 6) is 0.855. The summed E-state index contributed by atoms with van der Waals surface area (Å²) in [6.45, 7) is 6.70. The largest absolute Gasteiger partial charge is 0.493 e. The van der Waals surface area contributed by atoms with Crippen molar-refractivity contribution in [1.82, 2.24) is 10.3 Å². The third kappa shape index (κ3) is 6.19. The van der Waals surface area contributed by atoms with Gasteiger partial charge in [-0.25, -0.2) is 4.98 Å². The maximum absolute atomic E-state index is 12.2. The predicted octanol–water partition coefficient (Wildman–Crippen LogP) is 3.46. The normalized spacial score (nSPS) is 10.6. The van der Waals surface area contributed by atoms with Crippen molar-refractivity contribution in [3.63, 3.8) is 0 Å². The summed E-state index contributed by atoms with van der Waals surface area (Å²) in [6, 6.07) is 7.65. The molecule has 6 nitrogen and oxygen atoms in total. The summed E-state index contributed by atoms with van der Waals surface area (Å²) in [5.41, 5.74) is 1.20. The Morgan fingerprint density at radius 1 is 1.28 bits per heavy atom. The molecule has 0 aliphatic heterocycles. The lowest BCUT2D eigenvalue weighted by Crippen LogP contribution is -2.23. The molecule has 0 spiro atoms. The van der Waals surface area contributed by atoms with E-state index in [9.17, 15) is 9.59 Å². The van der Waals surface area contributed by atoms with E-state index in [1.165, 1.54) is 18.3 Å². The second kappa shape index (κ2) is 9.17. The number of carbonyl (C=O) groups is 2. The fourth-order valence-corrected chi connectivity index (χ4v) is 2.78. The lowest BCUT2D eigenvalue weighted by atomic mass is 10.1. The maximum atomic E-state index is 12.2. The molecule has 0 atom stereocenters. The molecule has 1 aromatic heterocycles. The second-order valence-corrected chi connectivity index (χ2v) is 6.90. The Kier molecular flexibility index (Phi) is 6.94. The standard InChI is InChI=1S/C18H23N3O3S/c1-12(2)8-9-24-16-7-5-4-6-14(16)10-19-17(23)15-11-25-18(21-15)20-13(3)22/h4-7,11-12H,8-10H2,1-3H3,(H,19,23)(H,20,21,22). The molecule has 25 heavy (non-hydrogen) atoms. The number of carbonyl (C=O) groups excluding carboxylic acids is 2. The first-order valence-electron chi connectivity index (χ1n) is 8.17. The third-order valence-corrected chi connectivity index (χ3v) is 4.14. The molecule has 0 unspecified atom stereocenters. The average molecular weight is 361 g/mol. The molecular formula is C18H23N3O3S. The summed E-state index contributed by atoms with van der Waals surface area (Å²) in [4.78, 5) is 27.3. The highest BCUT2D eigenvalue weighted by Crippen LogP contribution is 2.19. The van der Waals surface area contributed by atoms with Gasteiger partial charge in [-0.3, -0.25) is 9.59 Å². The van der Waals surface area contributed by atoms with E-state index < -0.39 is 0 Å². The molecule has 0 radical (unpaired) electrons. The maximum Gasteiger partial charge on any atom is 0.271 e. The second-order valence-electron chi connectivity index (χ2n) is 6.04. The zero-order valence-electron chi connectivity index (χ0n) is 14.7. The average Bonchev–Trinajstić information content (AvgIpc) is 3.01. The summed E-state index contributed by atoms with van der Waals surface area (Å²) in [7, 11) is 0. The molecule has 2 aromatic rings. The Morgan fingerprint density at radius 3 is 2.76 bits per heavy atom. The number of hydrogen-bond donors (Lipinski definition) is 2. The third-order valence-electron chi connectivity index (χ3n) is 3.38. The van der Waals surface area contributed by atoms with Gasteiger partial charge in [-0.1, -0.05) is 32.0 Å². The topological polar surface area (TPSA) is 80.3 Å². The first-order chi connectivity index (χ1) is 12.0. The van der Waals surface area contributed by atoms with E-state index in [0.717, 1.165) is 17.7 Å². The van der Waals surface area contributed by atoms with Gasteiger partial charge in [0.05, 0.1) is 6.61 Å². The number of thiazole rings is 1. The zero-order valence-corrected chi connectivity index (χ0v) is 15.5. The Bertz CT molecular complexity index is 728. The molecule has 2 rings (SSSR count). The van der Waals surface area contributed by atoms with E-state index >= 15 is 0 Å². The van der Waals surface area contributed by atoms with Crippen molar-refractivity contribution < 1.29 is 14.3 Å². The number of amides is 2. The van der Waals surface area contributed by atoms with Crippen LogP contribution in [0.1, 0.15) is 43.2 Å². The number of para-hydroxylation sites is 1. The van der Waals surface area contributed by atoms with E-state index in [-0.39, 0.29) is 17.5 Å². The minimum atomic E-state index is -0.287. The number of hydrogen-bond acceptors (Lipinski definition) is 5. The molecule has 7 heteroatoms. The van der Waals surface area contributed by atoms with Crippen LogP contribution in [0.3, 0.4) is 0 Å². The van der Waals surface area contributed by atoms with Gasteiger partial charge in [0.1, 0.15) is 11.4 Å². The summed E-state index contributed by atoms with van der Waals surface area (Å²) < 4.78 is 5.82. The Labute approximate surface area is 151 Å². The van der Waals surface area contributed by atoms with Crippen molar-refractivity contribution in [2.75, 3.05) is 11.9 Å². The fraction of sp³-hybridized carbons (Fsp3) is 0.389. The smallest absolute Gasteiger partial charge is 0.271 e. The molecule has 0 fully saturated rings. The van der Waals surface area contributed by atoms with Crippen molar-refractivity contribution in [3.8, 4) is 5.75 Å². The Balaban J connectivity index is 1.93. The van der Waals surface area contributed by atoms with Crippen molar-refractivity contribution in [2.24, 2.45) is 5.92 Å². The molecular weight excluding hydrogens is 338 g/mol. The van der Waals surface area contributed by atoms with Crippen LogP contribution in [0.4, 0.5) is 5.13 Å². The van der Waals surface area contributed by atoms with Crippen LogP contribution >= 0.6 is 11.3 Å². The summed E-state index contributed by atoms with van der Waals surface area (Å²) >= 11 is 1.22. The van der Waals surface area contributed by atoms with Gasteiger partial charge in [-0.05, 0) is 18.4 Å². The van der Waals surface area contributed by atoms with Crippen LogP contribution in [0.25, 0.3) is 0 Å². The minimum absolute atomic E-state index is 0.214. The molecule has 2 N–H and O–H groups in total. The van der Waals surface area contributed by atoms with Gasteiger partial charge in [0, 0.05) is 24.4 Å². The zero-order chi connectivity index (χ0) is 18.2. The Morgan fingerprint density at radius 2 is 2.04 bits per heavy atom. The van der Waals surface area contributed by atoms with E-state index in [0.29, 0.717) is 24.2 Å². The van der Waals surface area contributed by atoms with Crippen LogP contribution in [0.2, 0.25) is 0 Å². The minimum Gasteiger partial charge on any atom is -0.493 e. The molecule has 0 saturated heterocycles. The van der Waals surface area contributed by atoms with E-state index in [1.807, 2.05) is 24.3 Å². The summed E-state index contributed by atoms with van der Waals surface area (Å²) in [6.07, 6.45) is 0.978. The van der Waals surface area contributed by atoms with Crippen LogP contribution in [0.15, 0.2) is 29.6 Å². The number of rotatable bonds is 8. The van der Waals surface area contributed by atoms with E-state index in [2.05, 4.69) is 29.5 Å². The molecule has 1 aromatic carbocycles. The SMILES string of the molecule is CC(=O)Nc1nc(C(=O)NCc2ccccc2OCCC(C)C)cs1. The summed E-state index contributed by atoms with van der Waals surface area (Å²) in [5, 5.41) is 7.43. The molecule has 0 bridgehead atoms. The highest BCUT2D eigenvalue weighted by molar-refractivity contribution is 7.14. The molecule has 134 valence electrons. The van der Waals surface area contributed by atoms with E-state index in [4.69, 9.17) is 4.74 Å². The highest BCUT2D eigenvalue weighted by atomic mass is 32.1. The molecule has 1 heterocycles. The van der Waals surface area contributed by atoms with Crippen LogP contribution in [0, 0.1) is 5.92 Å². The van der Waals surface area contributed by atoms with Gasteiger partial charge in [-0.2, -0.15) is 0 Å². The number of anilines is 1. The van der Waals surface area contributed by atoms with Gasteiger partial charge in [0.15, 0.2) is 5.13 Å². The van der Waals surface area contributed by atoms with E-state index in [1.54, 1.807) is 5.38 Å².